The first-order valence-corrected chi connectivity index (χ1v) is 10.5. The van der Waals surface area contributed by atoms with E-state index in [0.29, 0.717) is 37.8 Å². The largest absolute Gasteiger partial charge is 0.450 e. The lowest BCUT2D eigenvalue weighted by Crippen LogP contribution is -2.29. The van der Waals surface area contributed by atoms with E-state index in [1.165, 1.54) is 0 Å². The lowest BCUT2D eigenvalue weighted by molar-refractivity contribution is 0.0971. The van der Waals surface area contributed by atoms with Gasteiger partial charge in [-0.05, 0) is 66.9 Å². The lowest BCUT2D eigenvalue weighted by Gasteiger charge is -2.26. The summed E-state index contributed by atoms with van der Waals surface area (Å²) in [5, 5.41) is 1.18. The number of rotatable bonds is 2. The topological polar surface area (TPSA) is 50.5 Å². The van der Waals surface area contributed by atoms with Gasteiger partial charge < -0.3 is 4.42 Å². The van der Waals surface area contributed by atoms with Gasteiger partial charge in [-0.15, -0.1) is 0 Å². The summed E-state index contributed by atoms with van der Waals surface area (Å²) in [6.45, 7) is 3.99. The third-order valence-corrected chi connectivity index (χ3v) is 6.54. The maximum atomic E-state index is 13.6. The van der Waals surface area contributed by atoms with Gasteiger partial charge in [-0.2, -0.15) is 0 Å². The van der Waals surface area contributed by atoms with Crippen molar-refractivity contribution >= 4 is 45.8 Å². The Hall–Kier alpha value is -3.08. The maximum Gasteiger partial charge on any atom is 0.295 e. The van der Waals surface area contributed by atoms with Crippen LogP contribution in [0.5, 0.6) is 0 Å². The van der Waals surface area contributed by atoms with Crippen LogP contribution in [0.2, 0.25) is 10.0 Å². The Morgan fingerprint density at radius 2 is 1.65 bits per heavy atom. The molecule has 154 valence electrons. The summed E-state index contributed by atoms with van der Waals surface area (Å²) in [7, 11) is 0. The normalized spacial score (nSPS) is 15.5. The zero-order valence-corrected chi connectivity index (χ0v) is 18.3. The van der Waals surface area contributed by atoms with Crippen molar-refractivity contribution in [1.82, 2.24) is 0 Å². The monoisotopic (exact) mass is 449 g/mol. The molecular formula is C25H17Cl2NO3. The predicted octanol–water partition coefficient (Wildman–Crippen LogP) is 6.47. The van der Waals surface area contributed by atoms with Crippen LogP contribution in [0, 0.1) is 13.8 Å². The highest BCUT2D eigenvalue weighted by Crippen LogP contribution is 2.42. The fourth-order valence-electron chi connectivity index (χ4n) is 4.06. The average molecular weight is 450 g/mol. The molecule has 0 spiro atoms. The van der Waals surface area contributed by atoms with Crippen LogP contribution in [0.3, 0.4) is 0 Å². The molecule has 4 aromatic rings. The Labute approximate surface area is 188 Å². The second-order valence-corrected chi connectivity index (χ2v) is 8.50. The molecule has 1 aromatic heterocycles. The molecule has 1 amide bonds. The van der Waals surface area contributed by atoms with E-state index >= 15 is 0 Å². The smallest absolute Gasteiger partial charge is 0.295 e. The summed E-state index contributed by atoms with van der Waals surface area (Å²) in [5.41, 5.74) is 3.97. The minimum Gasteiger partial charge on any atom is -0.450 e. The van der Waals surface area contributed by atoms with Crippen LogP contribution in [0.15, 0.2) is 69.9 Å². The summed E-state index contributed by atoms with van der Waals surface area (Å²) >= 11 is 12.4. The quantitative estimate of drug-likeness (QED) is 0.352. The highest BCUT2D eigenvalue weighted by molar-refractivity contribution is 6.42. The lowest BCUT2D eigenvalue weighted by atomic mass is 9.98. The summed E-state index contributed by atoms with van der Waals surface area (Å²) in [4.78, 5) is 28.7. The van der Waals surface area contributed by atoms with Gasteiger partial charge in [0.2, 0.25) is 5.76 Å². The van der Waals surface area contributed by atoms with Crippen molar-refractivity contribution in [2.75, 3.05) is 4.90 Å². The molecule has 6 heteroatoms. The average Bonchev–Trinajstić information content (AvgIpc) is 3.05. The van der Waals surface area contributed by atoms with Gasteiger partial charge in [0.15, 0.2) is 5.43 Å². The third-order valence-electron chi connectivity index (χ3n) is 5.81. The number of carbonyl (C=O) groups excluding carboxylic acids is 1. The van der Waals surface area contributed by atoms with E-state index in [2.05, 4.69) is 0 Å². The maximum absolute atomic E-state index is 13.6. The summed E-state index contributed by atoms with van der Waals surface area (Å²) in [6.07, 6.45) is 0. The zero-order chi connectivity index (χ0) is 21.9. The molecule has 2 heterocycles. The molecule has 0 N–H and O–H groups in total. The SMILES string of the molecule is Cc1ccc(N2C(=O)c3oc4ccccc4c(=O)c3C2c2ccc(Cl)c(Cl)c2)cc1C. The standard InChI is InChI=1S/C25H17Cl2NO3/c1-13-7-9-16(11-14(13)2)28-22(15-8-10-18(26)19(27)12-15)21-23(29)17-5-3-4-6-20(17)31-24(21)25(28)30/h3-12,22H,1-2H3. The Balaban J connectivity index is 1.83. The first-order chi connectivity index (χ1) is 14.9. The number of hydrogen-bond acceptors (Lipinski definition) is 3. The third kappa shape index (κ3) is 3.06. The highest BCUT2D eigenvalue weighted by Gasteiger charge is 2.43. The van der Waals surface area contributed by atoms with E-state index in [0.717, 1.165) is 11.1 Å². The molecule has 1 unspecified atom stereocenters. The second-order valence-electron chi connectivity index (χ2n) is 7.69. The van der Waals surface area contributed by atoms with Crippen LogP contribution in [-0.2, 0) is 0 Å². The van der Waals surface area contributed by atoms with Crippen molar-refractivity contribution in [2.45, 2.75) is 19.9 Å². The van der Waals surface area contributed by atoms with Gasteiger partial charge in [-0.3, -0.25) is 14.5 Å². The van der Waals surface area contributed by atoms with Gasteiger partial charge in [0.05, 0.1) is 27.0 Å². The number of anilines is 1. The van der Waals surface area contributed by atoms with Crippen molar-refractivity contribution in [2.24, 2.45) is 0 Å². The molecule has 3 aromatic carbocycles. The van der Waals surface area contributed by atoms with Gasteiger partial charge in [0.1, 0.15) is 5.58 Å². The number of amides is 1. The molecule has 31 heavy (non-hydrogen) atoms. The Kier molecular flexibility index (Phi) is 4.65. The Bertz CT molecular complexity index is 1440. The van der Waals surface area contributed by atoms with Crippen LogP contribution in [0.25, 0.3) is 11.0 Å². The van der Waals surface area contributed by atoms with Gasteiger partial charge in [-0.25, -0.2) is 0 Å². The summed E-state index contributed by atoms with van der Waals surface area (Å²) in [6, 6.07) is 17.2. The van der Waals surface area contributed by atoms with Gasteiger partial charge in [0, 0.05) is 5.69 Å². The van der Waals surface area contributed by atoms with Crippen LogP contribution >= 0.6 is 23.2 Å². The number of carbonyl (C=O) groups is 1. The number of aryl methyl sites for hydroxylation is 2. The summed E-state index contributed by atoms with van der Waals surface area (Å²) < 4.78 is 5.96. The molecule has 1 aliphatic heterocycles. The van der Waals surface area contributed by atoms with Crippen molar-refractivity contribution in [1.29, 1.82) is 0 Å². The first-order valence-electron chi connectivity index (χ1n) is 9.78. The molecule has 0 aliphatic carbocycles. The van der Waals surface area contributed by atoms with Crippen molar-refractivity contribution < 1.29 is 9.21 Å². The number of nitrogens with zero attached hydrogens (tertiary/aromatic N) is 1. The minimum absolute atomic E-state index is 0.0537. The number of para-hydroxylation sites is 1. The van der Waals surface area contributed by atoms with E-state index < -0.39 is 6.04 Å². The predicted molar refractivity (Wildman–Crippen MR) is 124 cm³/mol. The minimum atomic E-state index is -0.680. The fourth-order valence-corrected chi connectivity index (χ4v) is 4.37. The molecule has 0 saturated heterocycles. The van der Waals surface area contributed by atoms with Crippen LogP contribution < -0.4 is 10.3 Å². The number of hydrogen-bond donors (Lipinski definition) is 0. The first kappa shape index (κ1) is 19.9. The Morgan fingerprint density at radius 3 is 2.39 bits per heavy atom. The molecule has 0 radical (unpaired) electrons. The van der Waals surface area contributed by atoms with Crippen LogP contribution in [0.4, 0.5) is 5.69 Å². The van der Waals surface area contributed by atoms with Crippen molar-refractivity contribution in [3.63, 3.8) is 0 Å². The second kappa shape index (κ2) is 7.26. The van der Waals surface area contributed by atoms with E-state index in [-0.39, 0.29) is 17.1 Å². The molecule has 5 rings (SSSR count). The van der Waals surface area contributed by atoms with Crippen LogP contribution in [-0.4, -0.2) is 5.91 Å². The number of halogens is 2. The van der Waals surface area contributed by atoms with E-state index in [1.54, 1.807) is 47.4 Å². The van der Waals surface area contributed by atoms with Gasteiger partial charge in [-0.1, -0.05) is 47.5 Å². The van der Waals surface area contributed by atoms with E-state index in [1.807, 2.05) is 32.0 Å². The molecule has 1 aliphatic rings. The zero-order valence-electron chi connectivity index (χ0n) is 16.8. The molecule has 0 bridgehead atoms. The van der Waals surface area contributed by atoms with Crippen LogP contribution in [0.1, 0.15) is 38.9 Å². The number of fused-ring (bicyclic) bond motifs is 2. The van der Waals surface area contributed by atoms with E-state index in [9.17, 15) is 9.59 Å². The van der Waals surface area contributed by atoms with Crippen molar-refractivity contribution in [3.8, 4) is 0 Å². The Morgan fingerprint density at radius 1 is 0.871 bits per heavy atom. The molecule has 4 nitrogen and oxygen atoms in total. The molecular weight excluding hydrogens is 433 g/mol. The highest BCUT2D eigenvalue weighted by atomic mass is 35.5. The fraction of sp³-hybridized carbons (Fsp3) is 0.120. The summed E-state index contributed by atoms with van der Waals surface area (Å²) in [5.74, 6) is -0.310. The molecule has 1 atom stereocenters. The van der Waals surface area contributed by atoms with Gasteiger partial charge >= 0.3 is 0 Å². The van der Waals surface area contributed by atoms with Crippen molar-refractivity contribution in [3.05, 3.63) is 109 Å². The van der Waals surface area contributed by atoms with E-state index in [4.69, 9.17) is 27.6 Å². The molecule has 0 saturated carbocycles. The van der Waals surface area contributed by atoms with Gasteiger partial charge in [0.25, 0.3) is 5.91 Å². The number of benzene rings is 3. The molecule has 0 fully saturated rings.